The van der Waals surface area contributed by atoms with Crippen LogP contribution in [0.5, 0.6) is 0 Å². The number of hydrogen-bond acceptors (Lipinski definition) is 8. The van der Waals surface area contributed by atoms with Crippen molar-refractivity contribution in [2.24, 2.45) is 0 Å². The Morgan fingerprint density at radius 3 is 2.25 bits per heavy atom. The number of unbranched alkanes of at least 4 members (excludes halogenated alkanes) is 4. The molecule has 36 heavy (non-hydrogen) atoms. The van der Waals surface area contributed by atoms with Crippen molar-refractivity contribution in [3.63, 3.8) is 0 Å². The summed E-state index contributed by atoms with van der Waals surface area (Å²) < 4.78 is 0. The first-order valence-corrected chi connectivity index (χ1v) is 13.0. The van der Waals surface area contributed by atoms with Crippen LogP contribution in [-0.2, 0) is 14.4 Å². The van der Waals surface area contributed by atoms with Crippen LogP contribution in [0.15, 0.2) is 29.2 Å². The summed E-state index contributed by atoms with van der Waals surface area (Å²) in [6, 6.07) is 7.35. The quantitative estimate of drug-likeness (QED) is 0.0358. The summed E-state index contributed by atoms with van der Waals surface area (Å²) >= 11 is 6.35. The Bertz CT molecular complexity index is 866. The van der Waals surface area contributed by atoms with Crippen LogP contribution >= 0.6 is 24.0 Å². The molecule has 1 aromatic carbocycles. The third kappa shape index (κ3) is 15.2. The van der Waals surface area contributed by atoms with Gasteiger partial charge in [-0.1, -0.05) is 0 Å². The van der Waals surface area contributed by atoms with Crippen LogP contribution in [0.1, 0.15) is 51.4 Å². The first kappa shape index (κ1) is 31.1. The van der Waals surface area contributed by atoms with Gasteiger partial charge in [0.2, 0.25) is 18.2 Å². The molecule has 198 valence electrons. The predicted octanol–water partition coefficient (Wildman–Crippen LogP) is 2.85. The van der Waals surface area contributed by atoms with E-state index in [0.29, 0.717) is 54.0 Å². The Balaban J connectivity index is 2.04. The Kier molecular flexibility index (Phi) is 16.7. The molecule has 13 heteroatoms. The number of thiocyanates is 1. The fourth-order valence-corrected chi connectivity index (χ4v) is 3.62. The molecule has 0 radical (unpaired) electrons. The largest absolute Gasteiger partial charge is 0.362 e. The minimum absolute atomic E-state index is 0.000292. The highest BCUT2D eigenvalue weighted by Crippen LogP contribution is 2.18. The van der Waals surface area contributed by atoms with E-state index in [1.165, 1.54) is 0 Å². The zero-order valence-electron chi connectivity index (χ0n) is 20.1. The molecule has 0 aromatic heterocycles. The van der Waals surface area contributed by atoms with Gasteiger partial charge in [0.1, 0.15) is 5.40 Å². The second kappa shape index (κ2) is 19.3. The lowest BCUT2D eigenvalue weighted by Crippen LogP contribution is -2.31. The predicted molar refractivity (Wildman–Crippen MR) is 140 cm³/mol. The summed E-state index contributed by atoms with van der Waals surface area (Å²) in [5.41, 5.74) is 0.822. The summed E-state index contributed by atoms with van der Waals surface area (Å²) in [4.78, 5) is 34.9. The van der Waals surface area contributed by atoms with E-state index in [1.54, 1.807) is 0 Å². The minimum atomic E-state index is -0.496. The van der Waals surface area contributed by atoms with E-state index in [4.69, 9.17) is 22.7 Å². The number of anilines is 1. The molecule has 0 saturated heterocycles. The number of thiocarbonyl (C=S) groups is 1. The van der Waals surface area contributed by atoms with E-state index in [9.17, 15) is 19.6 Å². The van der Waals surface area contributed by atoms with Crippen molar-refractivity contribution in [1.82, 2.24) is 20.8 Å². The topological polar surface area (TPSA) is 158 Å². The van der Waals surface area contributed by atoms with Gasteiger partial charge in [-0.2, -0.15) is 5.26 Å². The molecule has 0 heterocycles. The molecule has 1 rings (SSSR count). The second-order valence-electron chi connectivity index (χ2n) is 7.86. The number of hydroxylamine groups is 4. The molecule has 1 aromatic rings. The number of carbonyl (C=O) groups is 3. The Labute approximate surface area is 221 Å². The zero-order chi connectivity index (χ0) is 26.6. The van der Waals surface area contributed by atoms with E-state index in [1.807, 2.05) is 29.7 Å². The summed E-state index contributed by atoms with van der Waals surface area (Å²) in [6.07, 6.45) is 4.53. The highest BCUT2D eigenvalue weighted by atomic mass is 32.2. The summed E-state index contributed by atoms with van der Waals surface area (Å²) in [7, 11) is 0. The van der Waals surface area contributed by atoms with E-state index in [2.05, 4.69) is 16.0 Å². The van der Waals surface area contributed by atoms with E-state index in [0.717, 1.165) is 41.6 Å². The van der Waals surface area contributed by atoms with Crippen molar-refractivity contribution in [1.29, 1.82) is 5.26 Å². The number of nitrogens with one attached hydrogen (secondary N) is 3. The van der Waals surface area contributed by atoms with Crippen molar-refractivity contribution in [2.75, 3.05) is 31.5 Å². The van der Waals surface area contributed by atoms with Gasteiger partial charge >= 0.3 is 0 Å². The maximum Gasteiger partial charge on any atom is 0.246 e. The maximum atomic E-state index is 12.0. The number of nitriles is 1. The summed E-state index contributed by atoms with van der Waals surface area (Å²) in [5, 5.41) is 40.1. The number of thioether (sulfide) groups is 1. The Morgan fingerprint density at radius 1 is 0.972 bits per heavy atom. The van der Waals surface area contributed by atoms with Crippen LogP contribution in [0.3, 0.4) is 0 Å². The summed E-state index contributed by atoms with van der Waals surface area (Å²) in [6.45, 7) is 1.53. The third-order valence-electron chi connectivity index (χ3n) is 4.97. The van der Waals surface area contributed by atoms with Gasteiger partial charge in [0.25, 0.3) is 0 Å². The fourth-order valence-electron chi connectivity index (χ4n) is 3.02. The molecule has 3 amide bonds. The number of nitrogens with zero attached hydrogens (tertiary/aromatic N) is 3. The van der Waals surface area contributed by atoms with Crippen molar-refractivity contribution in [3.8, 4) is 5.40 Å². The molecule has 0 fully saturated rings. The smallest absolute Gasteiger partial charge is 0.246 e. The van der Waals surface area contributed by atoms with Crippen molar-refractivity contribution in [3.05, 3.63) is 24.3 Å². The molecular weight excluding hydrogens is 504 g/mol. The minimum Gasteiger partial charge on any atom is -0.362 e. The molecule has 0 spiro atoms. The van der Waals surface area contributed by atoms with E-state index in [-0.39, 0.29) is 31.8 Å². The highest BCUT2D eigenvalue weighted by molar-refractivity contribution is 8.03. The second-order valence-corrected chi connectivity index (χ2v) is 9.12. The lowest BCUT2D eigenvalue weighted by molar-refractivity contribution is -0.166. The van der Waals surface area contributed by atoms with Gasteiger partial charge in [-0.3, -0.25) is 24.8 Å². The maximum absolute atomic E-state index is 12.0. The zero-order valence-corrected chi connectivity index (χ0v) is 21.8. The lowest BCUT2D eigenvalue weighted by Gasteiger charge is -2.15. The van der Waals surface area contributed by atoms with Gasteiger partial charge in [-0.05, 0) is 86.8 Å². The van der Waals surface area contributed by atoms with Crippen LogP contribution in [-0.4, -0.2) is 70.1 Å². The molecule has 11 nitrogen and oxygen atoms in total. The van der Waals surface area contributed by atoms with Crippen molar-refractivity contribution in [2.45, 2.75) is 56.3 Å². The number of hydrogen-bond donors (Lipinski definition) is 5. The van der Waals surface area contributed by atoms with Gasteiger partial charge in [0.15, 0.2) is 5.11 Å². The standard InChI is InChI=1S/C23H34N6O5S2/c24-17-36-20-9-7-19(8-10-20)27-23(35)26-14-4-2-6-16-29(34)22(32)12-11-21(31)25-13-3-1-5-15-28(33)18-30/h7-10,18,33-34H,1-6,11-16H2,(H,25,31)(H2,26,27,35). The molecular formula is C23H34N6O5S2. The molecule has 0 aliphatic carbocycles. The fraction of sp³-hybridized carbons (Fsp3) is 0.522. The first-order chi connectivity index (χ1) is 17.3. The van der Waals surface area contributed by atoms with E-state index < -0.39 is 5.91 Å². The van der Waals surface area contributed by atoms with Gasteiger partial charge in [0.05, 0.1) is 0 Å². The van der Waals surface area contributed by atoms with Crippen LogP contribution in [0.25, 0.3) is 0 Å². The number of benzene rings is 1. The number of carbonyl (C=O) groups excluding carboxylic acids is 3. The SMILES string of the molecule is N#CSc1ccc(NC(=S)NCCCCCN(O)C(=O)CCC(=O)NCCCCCN(O)C=O)cc1. The molecule has 0 unspecified atom stereocenters. The van der Waals surface area contributed by atoms with Crippen LogP contribution in [0, 0.1) is 10.7 Å². The third-order valence-corrected chi connectivity index (χ3v) is 5.82. The Hall–Kier alpha value is -2.92. The van der Waals surface area contributed by atoms with Gasteiger partial charge in [-0.15, -0.1) is 0 Å². The Morgan fingerprint density at radius 2 is 1.61 bits per heavy atom. The number of rotatable bonds is 18. The summed E-state index contributed by atoms with van der Waals surface area (Å²) in [5.74, 6) is -0.758. The molecule has 0 saturated carbocycles. The monoisotopic (exact) mass is 538 g/mol. The van der Waals surface area contributed by atoms with Crippen LogP contribution in [0.2, 0.25) is 0 Å². The van der Waals surface area contributed by atoms with Crippen LogP contribution < -0.4 is 16.0 Å². The normalized spacial score (nSPS) is 10.1. The molecule has 0 aliphatic rings. The van der Waals surface area contributed by atoms with Crippen LogP contribution in [0.4, 0.5) is 5.69 Å². The average molecular weight is 539 g/mol. The molecule has 0 atom stereocenters. The first-order valence-electron chi connectivity index (χ1n) is 11.7. The van der Waals surface area contributed by atoms with E-state index >= 15 is 0 Å². The average Bonchev–Trinajstić information content (AvgIpc) is 2.87. The number of amides is 3. The van der Waals surface area contributed by atoms with Crippen molar-refractivity contribution >= 4 is 53.0 Å². The van der Waals surface area contributed by atoms with Crippen molar-refractivity contribution < 1.29 is 24.8 Å². The molecule has 5 N–H and O–H groups in total. The van der Waals surface area contributed by atoms with Gasteiger partial charge in [-0.25, -0.2) is 10.1 Å². The molecule has 0 bridgehead atoms. The van der Waals surface area contributed by atoms with Gasteiger partial charge in [0, 0.05) is 49.6 Å². The van der Waals surface area contributed by atoms with Gasteiger partial charge < -0.3 is 16.0 Å². The molecule has 0 aliphatic heterocycles. The highest BCUT2D eigenvalue weighted by Gasteiger charge is 2.12. The lowest BCUT2D eigenvalue weighted by atomic mass is 10.2.